The molecule has 2 aromatic heterocycles. The normalized spacial score (nSPS) is 13.2. The zero-order chi connectivity index (χ0) is 22.5. The highest BCUT2D eigenvalue weighted by Crippen LogP contribution is 2.32. The number of aromatic nitrogens is 2. The molecular formula is C22H27N3O5S. The van der Waals surface area contributed by atoms with E-state index in [0.29, 0.717) is 17.5 Å². The van der Waals surface area contributed by atoms with Crippen LogP contribution in [0.25, 0.3) is 22.2 Å². The number of carbonyl (C=O) groups excluding carboxylic acids is 1. The molecule has 8 nitrogen and oxygen atoms in total. The van der Waals surface area contributed by atoms with E-state index in [4.69, 9.17) is 15.0 Å². The summed E-state index contributed by atoms with van der Waals surface area (Å²) in [5.41, 5.74) is 7.48. The lowest BCUT2D eigenvalue weighted by Gasteiger charge is -2.17. The molecule has 2 atom stereocenters. The van der Waals surface area contributed by atoms with E-state index < -0.39 is 18.1 Å². The van der Waals surface area contributed by atoms with Crippen molar-refractivity contribution in [2.45, 2.75) is 52.2 Å². The van der Waals surface area contributed by atoms with E-state index in [1.54, 1.807) is 11.3 Å². The number of benzene rings is 1. The van der Waals surface area contributed by atoms with Crippen LogP contribution < -0.4 is 10.5 Å². The van der Waals surface area contributed by atoms with Gasteiger partial charge >= 0.3 is 0 Å². The van der Waals surface area contributed by atoms with E-state index in [-0.39, 0.29) is 13.0 Å². The second-order valence-electron chi connectivity index (χ2n) is 7.50. The van der Waals surface area contributed by atoms with E-state index in [1.807, 2.05) is 32.0 Å². The average molecular weight is 446 g/mol. The van der Waals surface area contributed by atoms with Crippen LogP contribution in [-0.2, 0) is 11.2 Å². The molecule has 0 saturated heterocycles. The molecule has 3 rings (SSSR count). The Kier molecular flexibility index (Phi) is 7.42. The van der Waals surface area contributed by atoms with Gasteiger partial charge in [-0.2, -0.15) is 4.98 Å². The largest absolute Gasteiger partial charge is 0.490 e. The molecule has 0 aliphatic rings. The monoisotopic (exact) mass is 445 g/mol. The summed E-state index contributed by atoms with van der Waals surface area (Å²) in [4.78, 5) is 17.7. The molecule has 0 saturated carbocycles. The van der Waals surface area contributed by atoms with Crippen LogP contribution in [0.5, 0.6) is 5.75 Å². The molecule has 0 fully saturated rings. The van der Waals surface area contributed by atoms with Crippen molar-refractivity contribution < 1.29 is 24.3 Å². The fourth-order valence-corrected chi connectivity index (χ4v) is 4.27. The van der Waals surface area contributed by atoms with Crippen molar-refractivity contribution in [2.75, 3.05) is 6.61 Å². The van der Waals surface area contributed by atoms with Crippen LogP contribution in [0.1, 0.15) is 35.8 Å². The van der Waals surface area contributed by atoms with Crippen LogP contribution in [0, 0.1) is 13.8 Å². The Morgan fingerprint density at radius 3 is 2.61 bits per heavy atom. The van der Waals surface area contributed by atoms with Crippen molar-refractivity contribution in [3.05, 3.63) is 40.3 Å². The minimum atomic E-state index is -1.41. The first kappa shape index (κ1) is 22.9. The Morgan fingerprint density at radius 2 is 1.97 bits per heavy atom. The Bertz CT molecular complexity index is 1020. The molecule has 9 heteroatoms. The summed E-state index contributed by atoms with van der Waals surface area (Å²) in [5.74, 6) is 0.721. The summed E-state index contributed by atoms with van der Waals surface area (Å²) in [5, 5.41) is 23.6. The lowest BCUT2D eigenvalue weighted by molar-refractivity contribution is -0.127. The van der Waals surface area contributed by atoms with E-state index >= 15 is 0 Å². The van der Waals surface area contributed by atoms with E-state index in [0.717, 1.165) is 34.4 Å². The smallest absolute Gasteiger partial charge is 0.268 e. The minimum Gasteiger partial charge on any atom is -0.490 e. The van der Waals surface area contributed by atoms with Gasteiger partial charge in [0.1, 0.15) is 18.5 Å². The summed E-state index contributed by atoms with van der Waals surface area (Å²) >= 11 is 1.66. The topological polar surface area (TPSA) is 132 Å². The molecule has 1 amide bonds. The molecule has 1 aromatic carbocycles. The molecule has 0 aliphatic heterocycles. The Balaban J connectivity index is 1.71. The molecule has 0 bridgehead atoms. The van der Waals surface area contributed by atoms with Gasteiger partial charge in [0, 0.05) is 16.9 Å². The van der Waals surface area contributed by atoms with Gasteiger partial charge in [0.05, 0.1) is 11.0 Å². The van der Waals surface area contributed by atoms with Gasteiger partial charge in [-0.05, 0) is 55.7 Å². The number of aryl methyl sites for hydroxylation is 3. The third kappa shape index (κ3) is 5.69. The maximum Gasteiger partial charge on any atom is 0.268 e. The van der Waals surface area contributed by atoms with Crippen LogP contribution in [-0.4, -0.2) is 45.1 Å². The van der Waals surface area contributed by atoms with Gasteiger partial charge in [-0.3, -0.25) is 4.79 Å². The highest BCUT2D eigenvalue weighted by atomic mass is 32.1. The highest BCUT2D eigenvalue weighted by molar-refractivity contribution is 7.15. The Morgan fingerprint density at radius 1 is 1.26 bits per heavy atom. The van der Waals surface area contributed by atoms with Crippen LogP contribution in [0.3, 0.4) is 0 Å². The lowest BCUT2D eigenvalue weighted by atomic mass is 10.1. The van der Waals surface area contributed by atoms with E-state index in [2.05, 4.69) is 23.1 Å². The van der Waals surface area contributed by atoms with Crippen molar-refractivity contribution in [1.82, 2.24) is 10.1 Å². The first-order chi connectivity index (χ1) is 14.8. The number of carbonyl (C=O) groups is 1. The summed E-state index contributed by atoms with van der Waals surface area (Å²) in [6, 6.07) is 7.86. The van der Waals surface area contributed by atoms with Crippen molar-refractivity contribution in [2.24, 2.45) is 5.73 Å². The molecule has 166 valence electrons. The Hall–Kier alpha value is -2.75. The van der Waals surface area contributed by atoms with Crippen LogP contribution >= 0.6 is 11.3 Å². The van der Waals surface area contributed by atoms with Gasteiger partial charge in [0.25, 0.3) is 5.89 Å². The van der Waals surface area contributed by atoms with E-state index in [1.165, 1.54) is 4.88 Å². The number of thiophene rings is 1. The minimum absolute atomic E-state index is 0.0732. The number of hydrogen-bond acceptors (Lipinski definition) is 8. The maximum atomic E-state index is 10.9. The fourth-order valence-electron chi connectivity index (χ4n) is 3.24. The van der Waals surface area contributed by atoms with Crippen LogP contribution in [0.4, 0.5) is 0 Å². The Labute approximate surface area is 184 Å². The molecule has 31 heavy (non-hydrogen) atoms. The third-order valence-electron chi connectivity index (χ3n) is 4.76. The summed E-state index contributed by atoms with van der Waals surface area (Å²) in [6.45, 7) is 5.84. The lowest BCUT2D eigenvalue weighted by Crippen LogP contribution is -2.33. The van der Waals surface area contributed by atoms with Gasteiger partial charge in [0.2, 0.25) is 11.7 Å². The molecule has 3 aromatic rings. The van der Waals surface area contributed by atoms with Crippen molar-refractivity contribution in [3.63, 3.8) is 0 Å². The highest BCUT2D eigenvalue weighted by Gasteiger charge is 2.19. The van der Waals surface area contributed by atoms with Crippen molar-refractivity contribution >= 4 is 17.2 Å². The maximum absolute atomic E-state index is 10.9. The number of primary amides is 1. The first-order valence-electron chi connectivity index (χ1n) is 10.1. The van der Waals surface area contributed by atoms with Crippen LogP contribution in [0.2, 0.25) is 0 Å². The quantitative estimate of drug-likeness (QED) is 0.437. The molecular weight excluding hydrogens is 418 g/mol. The molecule has 0 radical (unpaired) electrons. The standard InChI is InChI=1S/C22H27N3O5S/c1-4-5-16-6-7-18(31-16)22-24-21(25-30-22)14-8-12(2)19(13(3)9-14)29-11-15(26)10-17(27)20(23)28/h6-9,15,17,26-27H,4-5,10-11H2,1-3H3,(H2,23,28). The summed E-state index contributed by atoms with van der Waals surface area (Å²) < 4.78 is 11.2. The van der Waals surface area contributed by atoms with Gasteiger partial charge in [0.15, 0.2) is 0 Å². The predicted molar refractivity (Wildman–Crippen MR) is 118 cm³/mol. The second-order valence-corrected chi connectivity index (χ2v) is 8.67. The molecule has 2 unspecified atom stereocenters. The fraction of sp³-hybridized carbons (Fsp3) is 0.409. The predicted octanol–water partition coefficient (Wildman–Crippen LogP) is 3.01. The number of aliphatic hydroxyl groups is 2. The van der Waals surface area contributed by atoms with E-state index in [9.17, 15) is 15.0 Å². The zero-order valence-electron chi connectivity index (χ0n) is 17.8. The number of nitrogens with zero attached hydrogens (tertiary/aromatic N) is 2. The second kappa shape index (κ2) is 10.0. The zero-order valence-corrected chi connectivity index (χ0v) is 18.6. The van der Waals surface area contributed by atoms with Gasteiger partial charge in [-0.25, -0.2) is 0 Å². The van der Waals surface area contributed by atoms with Crippen molar-refractivity contribution in [1.29, 1.82) is 0 Å². The van der Waals surface area contributed by atoms with Crippen LogP contribution in [0.15, 0.2) is 28.8 Å². The number of hydrogen-bond donors (Lipinski definition) is 3. The van der Waals surface area contributed by atoms with Gasteiger partial charge in [-0.1, -0.05) is 18.5 Å². The molecule has 0 aliphatic carbocycles. The first-order valence-corrected chi connectivity index (χ1v) is 10.9. The molecule has 2 heterocycles. The SMILES string of the molecule is CCCc1ccc(-c2nc(-c3cc(C)c(OCC(O)CC(O)C(N)=O)c(C)c3)no2)s1. The number of nitrogens with two attached hydrogens (primary N) is 1. The number of amides is 1. The van der Waals surface area contributed by atoms with Gasteiger partial charge in [-0.15, -0.1) is 11.3 Å². The molecule has 0 spiro atoms. The number of aliphatic hydroxyl groups excluding tert-OH is 2. The number of rotatable bonds is 10. The summed E-state index contributed by atoms with van der Waals surface area (Å²) in [6.07, 6.45) is -0.493. The average Bonchev–Trinajstić information content (AvgIpc) is 3.37. The summed E-state index contributed by atoms with van der Waals surface area (Å²) in [7, 11) is 0. The third-order valence-corrected chi connectivity index (χ3v) is 5.89. The van der Waals surface area contributed by atoms with Crippen molar-refractivity contribution in [3.8, 4) is 27.9 Å². The number of ether oxygens (including phenoxy) is 1. The molecule has 4 N–H and O–H groups in total. The van der Waals surface area contributed by atoms with Gasteiger partial charge < -0.3 is 25.2 Å².